The van der Waals surface area contributed by atoms with Crippen LogP contribution < -0.4 is 10.2 Å². The lowest BCUT2D eigenvalue weighted by atomic mass is 10.0. The number of hydrogen-bond donors (Lipinski definition) is 2. The van der Waals surface area contributed by atoms with E-state index in [4.69, 9.17) is 5.11 Å². The van der Waals surface area contributed by atoms with E-state index >= 15 is 0 Å². The number of anilines is 1. The van der Waals surface area contributed by atoms with Crippen LogP contribution in [-0.2, 0) is 4.79 Å². The van der Waals surface area contributed by atoms with Crippen molar-refractivity contribution in [2.45, 2.75) is 19.4 Å². The highest BCUT2D eigenvalue weighted by Crippen LogP contribution is 2.23. The highest BCUT2D eigenvalue weighted by atomic mass is 16.4. The SMILES string of the molecule is CC1CCNC1C(=O)N(C)c1ccccc1C(=O)O. The molecule has 2 atom stereocenters. The zero-order chi connectivity index (χ0) is 14.0. The lowest BCUT2D eigenvalue weighted by Gasteiger charge is -2.24. The molecule has 1 heterocycles. The van der Waals surface area contributed by atoms with Gasteiger partial charge in [0.1, 0.15) is 0 Å². The number of nitrogens with one attached hydrogen (secondary N) is 1. The Morgan fingerprint density at radius 1 is 1.37 bits per heavy atom. The normalized spacial score (nSPS) is 22.2. The second-order valence-corrected chi connectivity index (χ2v) is 4.92. The minimum atomic E-state index is -1.03. The molecule has 102 valence electrons. The average molecular weight is 262 g/mol. The van der Waals surface area contributed by atoms with E-state index in [1.807, 2.05) is 6.92 Å². The van der Waals surface area contributed by atoms with Crippen LogP contribution in [0.15, 0.2) is 24.3 Å². The Morgan fingerprint density at radius 3 is 2.63 bits per heavy atom. The fourth-order valence-electron chi connectivity index (χ4n) is 2.44. The Hall–Kier alpha value is -1.88. The molecule has 0 aromatic heterocycles. The third-order valence-electron chi connectivity index (χ3n) is 3.63. The number of nitrogens with zero attached hydrogens (tertiary/aromatic N) is 1. The molecule has 5 nitrogen and oxygen atoms in total. The van der Waals surface area contributed by atoms with Crippen LogP contribution in [-0.4, -0.2) is 36.6 Å². The van der Waals surface area contributed by atoms with Crippen molar-refractivity contribution in [2.75, 3.05) is 18.5 Å². The lowest BCUT2D eigenvalue weighted by molar-refractivity contribution is -0.120. The smallest absolute Gasteiger partial charge is 0.337 e. The van der Waals surface area contributed by atoms with Gasteiger partial charge in [0.25, 0.3) is 0 Å². The second-order valence-electron chi connectivity index (χ2n) is 4.92. The van der Waals surface area contributed by atoms with E-state index in [1.165, 1.54) is 11.0 Å². The van der Waals surface area contributed by atoms with E-state index < -0.39 is 5.97 Å². The molecule has 1 aliphatic rings. The highest BCUT2D eigenvalue weighted by Gasteiger charge is 2.32. The summed E-state index contributed by atoms with van der Waals surface area (Å²) in [5, 5.41) is 12.3. The number of para-hydroxylation sites is 1. The molecular formula is C14H18N2O3. The van der Waals surface area contributed by atoms with E-state index in [9.17, 15) is 9.59 Å². The van der Waals surface area contributed by atoms with Crippen LogP contribution in [0.25, 0.3) is 0 Å². The first-order chi connectivity index (χ1) is 9.02. The Morgan fingerprint density at radius 2 is 2.05 bits per heavy atom. The monoisotopic (exact) mass is 262 g/mol. The first-order valence-electron chi connectivity index (χ1n) is 6.35. The van der Waals surface area contributed by atoms with Gasteiger partial charge in [-0.1, -0.05) is 19.1 Å². The molecule has 1 amide bonds. The summed E-state index contributed by atoms with van der Waals surface area (Å²) >= 11 is 0. The number of carbonyl (C=O) groups is 2. The summed E-state index contributed by atoms with van der Waals surface area (Å²) in [7, 11) is 1.62. The van der Waals surface area contributed by atoms with Crippen molar-refractivity contribution in [1.82, 2.24) is 5.32 Å². The van der Waals surface area contributed by atoms with Crippen LogP contribution in [0, 0.1) is 5.92 Å². The molecule has 2 unspecified atom stereocenters. The molecule has 1 aromatic carbocycles. The molecule has 19 heavy (non-hydrogen) atoms. The third-order valence-corrected chi connectivity index (χ3v) is 3.63. The molecule has 1 saturated heterocycles. The van der Waals surface area contributed by atoms with Crippen LogP contribution in [0.2, 0.25) is 0 Å². The number of rotatable bonds is 3. The molecule has 5 heteroatoms. The van der Waals surface area contributed by atoms with E-state index in [0.717, 1.165) is 13.0 Å². The maximum absolute atomic E-state index is 12.4. The van der Waals surface area contributed by atoms with Crippen molar-refractivity contribution in [3.8, 4) is 0 Å². The molecule has 1 aliphatic heterocycles. The van der Waals surface area contributed by atoms with Gasteiger partial charge in [0.2, 0.25) is 5.91 Å². The van der Waals surface area contributed by atoms with Gasteiger partial charge in [-0.3, -0.25) is 4.79 Å². The fraction of sp³-hybridized carbons (Fsp3) is 0.429. The standard InChI is InChI=1S/C14H18N2O3/c1-9-7-8-15-12(9)13(17)16(2)11-6-4-3-5-10(11)14(18)19/h3-6,9,12,15H,7-8H2,1-2H3,(H,18,19). The molecule has 0 spiro atoms. The number of amides is 1. The largest absolute Gasteiger partial charge is 0.478 e. The third kappa shape index (κ3) is 2.61. The van der Waals surface area contributed by atoms with Crippen LogP contribution in [0.3, 0.4) is 0 Å². The average Bonchev–Trinajstić information content (AvgIpc) is 2.83. The summed E-state index contributed by atoms with van der Waals surface area (Å²) in [6, 6.07) is 6.32. The van der Waals surface area contributed by atoms with Crippen LogP contribution in [0.1, 0.15) is 23.7 Å². The van der Waals surface area contributed by atoms with Gasteiger partial charge in [-0.2, -0.15) is 0 Å². The molecule has 0 saturated carbocycles. The molecule has 2 rings (SSSR count). The van der Waals surface area contributed by atoms with Gasteiger partial charge in [0, 0.05) is 7.05 Å². The first-order valence-corrected chi connectivity index (χ1v) is 6.35. The maximum atomic E-state index is 12.4. The molecule has 1 aromatic rings. The van der Waals surface area contributed by atoms with Crippen molar-refractivity contribution in [3.63, 3.8) is 0 Å². The van der Waals surface area contributed by atoms with Gasteiger partial charge in [-0.05, 0) is 31.0 Å². The summed E-state index contributed by atoms with van der Waals surface area (Å²) in [6.07, 6.45) is 0.963. The predicted molar refractivity (Wildman–Crippen MR) is 72.4 cm³/mol. The van der Waals surface area contributed by atoms with Crippen molar-refractivity contribution in [3.05, 3.63) is 29.8 Å². The van der Waals surface area contributed by atoms with Gasteiger partial charge >= 0.3 is 5.97 Å². The minimum absolute atomic E-state index is 0.0845. The molecule has 0 radical (unpaired) electrons. The summed E-state index contributed by atoms with van der Waals surface area (Å²) in [6.45, 7) is 2.85. The molecule has 0 bridgehead atoms. The molecule has 0 aliphatic carbocycles. The summed E-state index contributed by atoms with van der Waals surface area (Å²) in [4.78, 5) is 25.0. The molecule has 1 fully saturated rings. The van der Waals surface area contributed by atoms with E-state index in [0.29, 0.717) is 5.69 Å². The number of carboxylic acids is 1. The van der Waals surface area contributed by atoms with Crippen LogP contribution in [0.4, 0.5) is 5.69 Å². The topological polar surface area (TPSA) is 69.6 Å². The Balaban J connectivity index is 2.26. The van der Waals surface area contributed by atoms with Crippen molar-refractivity contribution < 1.29 is 14.7 Å². The fourth-order valence-corrected chi connectivity index (χ4v) is 2.44. The number of carboxylic acid groups (broad SMARTS) is 1. The zero-order valence-electron chi connectivity index (χ0n) is 11.1. The Bertz CT molecular complexity index is 501. The Labute approximate surface area is 112 Å². The number of benzene rings is 1. The van der Waals surface area contributed by atoms with Crippen molar-refractivity contribution in [2.24, 2.45) is 5.92 Å². The minimum Gasteiger partial charge on any atom is -0.478 e. The maximum Gasteiger partial charge on any atom is 0.337 e. The lowest BCUT2D eigenvalue weighted by Crippen LogP contribution is -2.44. The van der Waals surface area contributed by atoms with E-state index in [2.05, 4.69) is 5.32 Å². The zero-order valence-corrected chi connectivity index (χ0v) is 11.1. The first kappa shape index (κ1) is 13.5. The predicted octanol–water partition coefficient (Wildman–Crippen LogP) is 1.35. The number of hydrogen-bond acceptors (Lipinski definition) is 3. The van der Waals surface area contributed by atoms with Gasteiger partial charge in [-0.25, -0.2) is 4.79 Å². The number of aromatic carboxylic acids is 1. The van der Waals surface area contributed by atoms with E-state index in [1.54, 1.807) is 25.2 Å². The second kappa shape index (κ2) is 5.40. The van der Waals surface area contributed by atoms with Gasteiger partial charge in [0.05, 0.1) is 17.3 Å². The van der Waals surface area contributed by atoms with Crippen molar-refractivity contribution in [1.29, 1.82) is 0 Å². The summed E-state index contributed by atoms with van der Waals surface area (Å²) < 4.78 is 0. The van der Waals surface area contributed by atoms with Crippen LogP contribution in [0.5, 0.6) is 0 Å². The highest BCUT2D eigenvalue weighted by molar-refractivity contribution is 6.03. The van der Waals surface area contributed by atoms with Crippen LogP contribution >= 0.6 is 0 Å². The molecule has 2 N–H and O–H groups in total. The quantitative estimate of drug-likeness (QED) is 0.862. The van der Waals surface area contributed by atoms with Gasteiger partial charge < -0.3 is 15.3 Å². The summed E-state index contributed by atoms with van der Waals surface area (Å²) in [5.41, 5.74) is 0.574. The van der Waals surface area contributed by atoms with Gasteiger partial charge in [-0.15, -0.1) is 0 Å². The summed E-state index contributed by atoms with van der Waals surface area (Å²) in [5.74, 6) is -0.840. The van der Waals surface area contributed by atoms with E-state index in [-0.39, 0.29) is 23.4 Å². The Kier molecular flexibility index (Phi) is 3.85. The number of likely N-dealkylation sites (N-methyl/N-ethyl adjacent to an activating group) is 1. The number of carbonyl (C=O) groups excluding carboxylic acids is 1. The van der Waals surface area contributed by atoms with Gasteiger partial charge in [0.15, 0.2) is 0 Å². The molecular weight excluding hydrogens is 244 g/mol. The van der Waals surface area contributed by atoms with Crippen molar-refractivity contribution >= 4 is 17.6 Å².